The summed E-state index contributed by atoms with van der Waals surface area (Å²) in [6, 6.07) is 6.75. The van der Waals surface area contributed by atoms with Gasteiger partial charge in [-0.2, -0.15) is 0 Å². The van der Waals surface area contributed by atoms with Crippen LogP contribution in [0.5, 0.6) is 0 Å². The fourth-order valence-electron chi connectivity index (χ4n) is 2.84. The summed E-state index contributed by atoms with van der Waals surface area (Å²) in [5.74, 6) is 0. The van der Waals surface area contributed by atoms with Gasteiger partial charge in [-0.05, 0) is 49.7 Å². The molecule has 1 aliphatic carbocycles. The van der Waals surface area contributed by atoms with Crippen molar-refractivity contribution in [3.63, 3.8) is 0 Å². The lowest BCUT2D eigenvalue weighted by atomic mass is 9.67. The zero-order valence-corrected chi connectivity index (χ0v) is 11.5. The molecule has 0 bridgehead atoms. The van der Waals surface area contributed by atoms with Crippen molar-refractivity contribution in [1.82, 2.24) is 5.32 Å². The molecule has 1 nitrogen and oxygen atoms in total. The number of nitrogens with one attached hydrogen (secondary N) is 1. The van der Waals surface area contributed by atoms with Crippen LogP contribution in [0.1, 0.15) is 49.3 Å². The van der Waals surface area contributed by atoms with Gasteiger partial charge in [-0.25, -0.2) is 0 Å². The van der Waals surface area contributed by atoms with Crippen LogP contribution < -0.4 is 5.32 Å². The van der Waals surface area contributed by atoms with Crippen molar-refractivity contribution in [3.05, 3.63) is 34.9 Å². The fraction of sp³-hybridized carbons (Fsp3) is 0.625. The first-order valence-electron chi connectivity index (χ1n) is 6.92. The monoisotopic (exact) mass is 231 g/mol. The highest BCUT2D eigenvalue weighted by Gasteiger charge is 2.34. The van der Waals surface area contributed by atoms with Crippen LogP contribution >= 0.6 is 0 Å². The molecular formula is C16H25N. The molecule has 2 rings (SSSR count). The molecule has 0 spiro atoms. The van der Waals surface area contributed by atoms with Crippen LogP contribution in [0.15, 0.2) is 18.2 Å². The Balaban J connectivity index is 1.85. The van der Waals surface area contributed by atoms with E-state index in [4.69, 9.17) is 0 Å². The van der Waals surface area contributed by atoms with Gasteiger partial charge in [-0.1, -0.05) is 37.1 Å². The second-order valence-corrected chi connectivity index (χ2v) is 5.74. The minimum atomic E-state index is 0.624. The fourth-order valence-corrected chi connectivity index (χ4v) is 2.84. The zero-order valence-electron chi connectivity index (χ0n) is 11.5. The molecule has 0 radical (unpaired) electrons. The Hall–Kier alpha value is -0.820. The lowest BCUT2D eigenvalue weighted by Crippen LogP contribution is -2.39. The third kappa shape index (κ3) is 2.90. The topological polar surface area (TPSA) is 12.0 Å². The van der Waals surface area contributed by atoms with Crippen LogP contribution in [0.25, 0.3) is 0 Å². The molecule has 0 aromatic heterocycles. The zero-order chi connectivity index (χ0) is 12.3. The predicted octanol–water partition coefficient (Wildman–Crippen LogP) is 3.97. The number of aryl methyl sites for hydroxylation is 2. The second-order valence-electron chi connectivity index (χ2n) is 5.74. The van der Waals surface area contributed by atoms with E-state index in [1.807, 2.05) is 0 Å². The van der Waals surface area contributed by atoms with Crippen molar-refractivity contribution in [2.45, 2.75) is 53.0 Å². The summed E-state index contributed by atoms with van der Waals surface area (Å²) in [6.07, 6.45) is 5.60. The van der Waals surface area contributed by atoms with E-state index in [2.05, 4.69) is 44.3 Å². The number of hydrogen-bond acceptors (Lipinski definition) is 1. The van der Waals surface area contributed by atoms with Crippen LogP contribution in [0.3, 0.4) is 0 Å². The summed E-state index contributed by atoms with van der Waals surface area (Å²) in [4.78, 5) is 0. The lowest BCUT2D eigenvalue weighted by Gasteiger charge is -2.41. The quantitative estimate of drug-likeness (QED) is 0.808. The van der Waals surface area contributed by atoms with Gasteiger partial charge < -0.3 is 5.32 Å². The van der Waals surface area contributed by atoms with Gasteiger partial charge in [0.1, 0.15) is 0 Å². The van der Waals surface area contributed by atoms with Crippen LogP contribution in [-0.2, 0) is 6.54 Å². The third-order valence-corrected chi connectivity index (χ3v) is 4.48. The normalized spacial score (nSPS) is 17.8. The molecule has 94 valence electrons. The Morgan fingerprint density at radius 1 is 1.24 bits per heavy atom. The molecule has 1 aromatic carbocycles. The summed E-state index contributed by atoms with van der Waals surface area (Å²) in [6.45, 7) is 8.91. The van der Waals surface area contributed by atoms with Crippen molar-refractivity contribution in [2.75, 3.05) is 6.54 Å². The van der Waals surface area contributed by atoms with Gasteiger partial charge in [0.25, 0.3) is 0 Å². The van der Waals surface area contributed by atoms with E-state index >= 15 is 0 Å². The van der Waals surface area contributed by atoms with Crippen molar-refractivity contribution in [3.8, 4) is 0 Å². The van der Waals surface area contributed by atoms with E-state index < -0.39 is 0 Å². The van der Waals surface area contributed by atoms with E-state index in [-0.39, 0.29) is 0 Å². The molecule has 17 heavy (non-hydrogen) atoms. The van der Waals surface area contributed by atoms with Gasteiger partial charge in [0.2, 0.25) is 0 Å². The lowest BCUT2D eigenvalue weighted by molar-refractivity contribution is 0.124. The summed E-state index contributed by atoms with van der Waals surface area (Å²) < 4.78 is 0. The second kappa shape index (κ2) is 5.22. The summed E-state index contributed by atoms with van der Waals surface area (Å²) in [5, 5.41) is 3.66. The van der Waals surface area contributed by atoms with Crippen molar-refractivity contribution in [1.29, 1.82) is 0 Å². The number of benzene rings is 1. The average Bonchev–Trinajstić information content (AvgIpc) is 2.25. The molecule has 0 saturated heterocycles. The molecule has 0 unspecified atom stereocenters. The first-order chi connectivity index (χ1) is 8.15. The highest BCUT2D eigenvalue weighted by atomic mass is 14.9. The molecule has 0 aliphatic heterocycles. The van der Waals surface area contributed by atoms with Crippen molar-refractivity contribution in [2.24, 2.45) is 5.41 Å². The van der Waals surface area contributed by atoms with E-state index in [0.29, 0.717) is 5.41 Å². The first kappa shape index (κ1) is 12.6. The molecule has 0 atom stereocenters. The Labute approximate surface area is 106 Å². The maximum Gasteiger partial charge on any atom is 0.0208 e. The minimum absolute atomic E-state index is 0.624. The van der Waals surface area contributed by atoms with Crippen LogP contribution in [0, 0.1) is 19.3 Å². The van der Waals surface area contributed by atoms with Crippen molar-refractivity contribution >= 4 is 0 Å². The van der Waals surface area contributed by atoms with Gasteiger partial charge in [0.15, 0.2) is 0 Å². The molecule has 1 aliphatic rings. The summed E-state index contributed by atoms with van der Waals surface area (Å²) in [7, 11) is 0. The number of hydrogen-bond donors (Lipinski definition) is 1. The smallest absolute Gasteiger partial charge is 0.0208 e. The molecular weight excluding hydrogens is 206 g/mol. The Bertz CT molecular complexity index is 372. The van der Waals surface area contributed by atoms with Gasteiger partial charge >= 0.3 is 0 Å². The molecule has 0 heterocycles. The standard InChI is InChI=1S/C16H25N/c1-4-16(8-5-9-16)12-17-11-15-7-6-13(2)10-14(15)3/h6-7,10,17H,4-5,8-9,11-12H2,1-3H3. The van der Waals surface area contributed by atoms with Gasteiger partial charge in [0, 0.05) is 13.1 Å². The SMILES string of the molecule is CCC1(CNCc2ccc(C)cc2C)CCC1. The van der Waals surface area contributed by atoms with Crippen LogP contribution in [-0.4, -0.2) is 6.54 Å². The van der Waals surface area contributed by atoms with Crippen LogP contribution in [0.4, 0.5) is 0 Å². The van der Waals surface area contributed by atoms with E-state index in [1.165, 1.54) is 48.9 Å². The maximum absolute atomic E-state index is 3.66. The van der Waals surface area contributed by atoms with Gasteiger partial charge in [0.05, 0.1) is 0 Å². The van der Waals surface area contributed by atoms with Gasteiger partial charge in [-0.3, -0.25) is 0 Å². The van der Waals surface area contributed by atoms with E-state index in [9.17, 15) is 0 Å². The van der Waals surface area contributed by atoms with Gasteiger partial charge in [-0.15, -0.1) is 0 Å². The highest BCUT2D eigenvalue weighted by Crippen LogP contribution is 2.43. The Morgan fingerprint density at radius 2 is 2.00 bits per heavy atom. The Morgan fingerprint density at radius 3 is 2.53 bits per heavy atom. The molecule has 1 aromatic rings. The summed E-state index contributed by atoms with van der Waals surface area (Å²) >= 11 is 0. The molecule has 1 fully saturated rings. The molecule has 1 heteroatoms. The minimum Gasteiger partial charge on any atom is -0.312 e. The number of rotatable bonds is 5. The van der Waals surface area contributed by atoms with E-state index in [1.54, 1.807) is 0 Å². The van der Waals surface area contributed by atoms with Crippen LogP contribution in [0.2, 0.25) is 0 Å². The first-order valence-corrected chi connectivity index (χ1v) is 6.92. The highest BCUT2D eigenvalue weighted by molar-refractivity contribution is 5.30. The maximum atomic E-state index is 3.66. The molecule has 1 saturated carbocycles. The molecule has 0 amide bonds. The third-order valence-electron chi connectivity index (χ3n) is 4.48. The molecule has 1 N–H and O–H groups in total. The Kier molecular flexibility index (Phi) is 3.88. The van der Waals surface area contributed by atoms with Crippen molar-refractivity contribution < 1.29 is 0 Å². The largest absolute Gasteiger partial charge is 0.312 e. The average molecular weight is 231 g/mol. The summed E-state index contributed by atoms with van der Waals surface area (Å²) in [5.41, 5.74) is 4.84. The van der Waals surface area contributed by atoms with E-state index in [0.717, 1.165) is 6.54 Å². The predicted molar refractivity (Wildman–Crippen MR) is 74.2 cm³/mol.